The standard InChI is InChI=1S/C20H20N2O2/c1-20(17-9-4-2-5-10-17,18-11-6-3-7-12-18)14-8-13-19(21-15-23)22-16-24/h2-7,9-12,19H,8,13-14H2,1H3. The van der Waals surface area contributed by atoms with Crippen LogP contribution in [0, 0.1) is 0 Å². The van der Waals surface area contributed by atoms with Gasteiger partial charge in [0.15, 0.2) is 6.17 Å². The Labute approximate surface area is 142 Å². The number of carbonyl (C=O) groups excluding carboxylic acids is 2. The van der Waals surface area contributed by atoms with Crippen LogP contribution in [0.15, 0.2) is 70.6 Å². The highest BCUT2D eigenvalue weighted by atomic mass is 16.1. The van der Waals surface area contributed by atoms with Crippen molar-refractivity contribution in [3.05, 3.63) is 71.8 Å². The second-order valence-corrected chi connectivity index (χ2v) is 5.88. The molecule has 0 radical (unpaired) electrons. The molecule has 0 fully saturated rings. The topological polar surface area (TPSA) is 58.9 Å². The SMILES string of the molecule is CC(CCCC(N=C=O)N=C=O)(c1ccccc1)c1ccccc1. The van der Waals surface area contributed by atoms with Crippen LogP contribution >= 0.6 is 0 Å². The number of nitrogens with zero attached hydrogens (tertiary/aromatic N) is 2. The van der Waals surface area contributed by atoms with E-state index in [1.807, 2.05) is 36.4 Å². The molecule has 0 bridgehead atoms. The van der Waals surface area contributed by atoms with Gasteiger partial charge in [0.05, 0.1) is 0 Å². The summed E-state index contributed by atoms with van der Waals surface area (Å²) in [5.41, 5.74) is 2.29. The summed E-state index contributed by atoms with van der Waals surface area (Å²) in [6.07, 6.45) is 4.37. The number of hydrogen-bond acceptors (Lipinski definition) is 4. The number of benzene rings is 2. The molecule has 0 amide bonds. The van der Waals surface area contributed by atoms with Crippen molar-refractivity contribution in [2.75, 3.05) is 0 Å². The highest BCUT2D eigenvalue weighted by molar-refractivity contribution is 5.38. The van der Waals surface area contributed by atoms with Crippen LogP contribution in [0.5, 0.6) is 0 Å². The van der Waals surface area contributed by atoms with E-state index < -0.39 is 6.17 Å². The summed E-state index contributed by atoms with van der Waals surface area (Å²) >= 11 is 0. The van der Waals surface area contributed by atoms with Gasteiger partial charge in [-0.25, -0.2) is 9.59 Å². The Morgan fingerprint density at radius 1 is 0.875 bits per heavy atom. The van der Waals surface area contributed by atoms with Gasteiger partial charge in [0.1, 0.15) is 0 Å². The zero-order valence-corrected chi connectivity index (χ0v) is 13.7. The van der Waals surface area contributed by atoms with Crippen molar-refractivity contribution in [3.8, 4) is 0 Å². The fraction of sp³-hybridized carbons (Fsp3) is 0.300. The van der Waals surface area contributed by atoms with E-state index in [4.69, 9.17) is 0 Å². The van der Waals surface area contributed by atoms with Gasteiger partial charge < -0.3 is 0 Å². The van der Waals surface area contributed by atoms with Gasteiger partial charge >= 0.3 is 0 Å². The van der Waals surface area contributed by atoms with E-state index >= 15 is 0 Å². The van der Waals surface area contributed by atoms with Crippen molar-refractivity contribution in [1.29, 1.82) is 0 Å². The number of hydrogen-bond donors (Lipinski definition) is 0. The Hall–Kier alpha value is -2.80. The third-order valence-electron chi connectivity index (χ3n) is 4.36. The normalized spacial score (nSPS) is 11.9. The minimum atomic E-state index is -0.684. The monoisotopic (exact) mass is 320 g/mol. The Bertz CT molecular complexity index is 673. The zero-order chi connectivity index (χ0) is 17.3. The maximum absolute atomic E-state index is 10.4. The second kappa shape index (κ2) is 8.73. The number of rotatable bonds is 8. The molecule has 0 aliphatic carbocycles. The lowest BCUT2D eigenvalue weighted by molar-refractivity contribution is 0.462. The molecule has 2 aromatic rings. The summed E-state index contributed by atoms with van der Waals surface area (Å²) in [5.74, 6) is 0. The largest absolute Gasteiger partial charge is 0.237 e. The van der Waals surface area contributed by atoms with Crippen LogP contribution in [0.1, 0.15) is 37.3 Å². The molecule has 24 heavy (non-hydrogen) atoms. The molecule has 0 aliphatic heterocycles. The summed E-state index contributed by atoms with van der Waals surface area (Å²) in [7, 11) is 0. The molecular weight excluding hydrogens is 300 g/mol. The third-order valence-corrected chi connectivity index (χ3v) is 4.36. The molecule has 0 N–H and O–H groups in total. The molecule has 4 heteroatoms. The molecule has 0 saturated heterocycles. The fourth-order valence-electron chi connectivity index (χ4n) is 2.99. The average Bonchev–Trinajstić information content (AvgIpc) is 2.63. The predicted molar refractivity (Wildman–Crippen MR) is 93.2 cm³/mol. The Morgan fingerprint density at radius 2 is 1.33 bits per heavy atom. The molecule has 0 saturated carbocycles. The summed E-state index contributed by atoms with van der Waals surface area (Å²) in [6, 6.07) is 20.6. The predicted octanol–water partition coefficient (Wildman–Crippen LogP) is 4.16. The first-order valence-electron chi connectivity index (χ1n) is 7.96. The zero-order valence-electron chi connectivity index (χ0n) is 13.7. The molecule has 0 spiro atoms. The van der Waals surface area contributed by atoms with Gasteiger partial charge in [-0.2, -0.15) is 9.98 Å². The van der Waals surface area contributed by atoms with Gasteiger partial charge in [0.2, 0.25) is 12.2 Å². The summed E-state index contributed by atoms with van der Waals surface area (Å²) in [5, 5.41) is 0. The quantitative estimate of drug-likeness (QED) is 0.541. The highest BCUT2D eigenvalue weighted by Crippen LogP contribution is 2.36. The van der Waals surface area contributed by atoms with Gasteiger partial charge in [-0.05, 0) is 30.4 Å². The van der Waals surface area contributed by atoms with Crippen LogP contribution in [-0.2, 0) is 15.0 Å². The van der Waals surface area contributed by atoms with E-state index in [1.54, 1.807) is 0 Å². The van der Waals surface area contributed by atoms with Crippen LogP contribution in [-0.4, -0.2) is 18.3 Å². The molecule has 0 heterocycles. The van der Waals surface area contributed by atoms with Crippen LogP contribution in [0.3, 0.4) is 0 Å². The number of aliphatic imine (C=N–C) groups is 2. The molecule has 4 nitrogen and oxygen atoms in total. The lowest BCUT2D eigenvalue weighted by Crippen LogP contribution is -2.24. The average molecular weight is 320 g/mol. The first-order valence-corrected chi connectivity index (χ1v) is 7.96. The summed E-state index contributed by atoms with van der Waals surface area (Å²) in [6.45, 7) is 2.21. The molecule has 0 unspecified atom stereocenters. The van der Waals surface area contributed by atoms with Gasteiger partial charge in [-0.3, -0.25) is 0 Å². The van der Waals surface area contributed by atoms with Crippen LogP contribution in [0.4, 0.5) is 0 Å². The minimum absolute atomic E-state index is 0.164. The molecule has 2 rings (SSSR count). The van der Waals surface area contributed by atoms with Crippen molar-refractivity contribution < 1.29 is 9.59 Å². The van der Waals surface area contributed by atoms with Gasteiger partial charge in [0.25, 0.3) is 0 Å². The summed E-state index contributed by atoms with van der Waals surface area (Å²) < 4.78 is 0. The summed E-state index contributed by atoms with van der Waals surface area (Å²) in [4.78, 5) is 27.9. The maximum Gasteiger partial charge on any atom is 0.237 e. The fourth-order valence-corrected chi connectivity index (χ4v) is 2.99. The molecule has 2 aromatic carbocycles. The third kappa shape index (κ3) is 4.36. The molecular formula is C20H20N2O2. The van der Waals surface area contributed by atoms with Crippen molar-refractivity contribution in [2.45, 2.75) is 37.8 Å². The first kappa shape index (κ1) is 17.6. The Kier molecular flexibility index (Phi) is 6.39. The van der Waals surface area contributed by atoms with Gasteiger partial charge in [-0.15, -0.1) is 0 Å². The van der Waals surface area contributed by atoms with Crippen LogP contribution in [0.25, 0.3) is 0 Å². The van der Waals surface area contributed by atoms with Crippen LogP contribution < -0.4 is 0 Å². The smallest absolute Gasteiger partial charge is 0.211 e. The molecule has 0 aliphatic rings. The molecule has 0 atom stereocenters. The van der Waals surface area contributed by atoms with E-state index in [9.17, 15) is 9.59 Å². The highest BCUT2D eigenvalue weighted by Gasteiger charge is 2.28. The van der Waals surface area contributed by atoms with Crippen molar-refractivity contribution in [1.82, 2.24) is 0 Å². The molecule has 0 aromatic heterocycles. The van der Waals surface area contributed by atoms with Gasteiger partial charge in [0, 0.05) is 5.41 Å². The number of isocyanates is 2. The van der Waals surface area contributed by atoms with E-state index in [-0.39, 0.29) is 5.41 Å². The van der Waals surface area contributed by atoms with Crippen molar-refractivity contribution in [2.24, 2.45) is 9.98 Å². The second-order valence-electron chi connectivity index (χ2n) is 5.88. The van der Waals surface area contributed by atoms with Gasteiger partial charge in [-0.1, -0.05) is 67.6 Å². The van der Waals surface area contributed by atoms with Crippen LogP contribution in [0.2, 0.25) is 0 Å². The van der Waals surface area contributed by atoms with Crippen molar-refractivity contribution in [3.63, 3.8) is 0 Å². The Balaban J connectivity index is 2.22. The minimum Gasteiger partial charge on any atom is -0.211 e. The van der Waals surface area contributed by atoms with E-state index in [0.29, 0.717) is 6.42 Å². The van der Waals surface area contributed by atoms with E-state index in [2.05, 4.69) is 41.2 Å². The maximum atomic E-state index is 10.4. The van der Waals surface area contributed by atoms with E-state index in [0.717, 1.165) is 12.8 Å². The Morgan fingerprint density at radius 3 is 1.75 bits per heavy atom. The van der Waals surface area contributed by atoms with E-state index in [1.165, 1.54) is 23.3 Å². The van der Waals surface area contributed by atoms with Crippen molar-refractivity contribution >= 4 is 12.2 Å². The molecule has 122 valence electrons. The lowest BCUT2D eigenvalue weighted by Gasteiger charge is -2.31. The first-order chi connectivity index (χ1) is 11.7. The lowest BCUT2D eigenvalue weighted by atomic mass is 9.73.